The van der Waals surface area contributed by atoms with E-state index in [4.69, 9.17) is 10.5 Å². The first-order valence-electron chi connectivity index (χ1n) is 6.49. The molecular formula is C12H23N3O. The maximum Gasteiger partial charge on any atom is 0.191 e. The van der Waals surface area contributed by atoms with Gasteiger partial charge in [0, 0.05) is 19.6 Å². The summed E-state index contributed by atoms with van der Waals surface area (Å²) in [5.41, 5.74) is 5.99. The molecule has 0 unspecified atom stereocenters. The maximum atomic E-state index is 5.99. The van der Waals surface area contributed by atoms with E-state index in [-0.39, 0.29) is 0 Å². The van der Waals surface area contributed by atoms with Gasteiger partial charge in [-0.25, -0.2) is 0 Å². The molecule has 0 aromatic heterocycles. The van der Waals surface area contributed by atoms with Crippen molar-refractivity contribution >= 4 is 5.96 Å². The zero-order chi connectivity index (χ0) is 11.2. The molecule has 2 rings (SSSR count). The van der Waals surface area contributed by atoms with Crippen LogP contribution in [0.3, 0.4) is 0 Å². The normalized spacial score (nSPS) is 24.8. The Hall–Kier alpha value is -0.770. The van der Waals surface area contributed by atoms with E-state index in [0.29, 0.717) is 5.96 Å². The molecule has 1 heterocycles. The van der Waals surface area contributed by atoms with Gasteiger partial charge in [0.25, 0.3) is 0 Å². The van der Waals surface area contributed by atoms with Gasteiger partial charge in [-0.1, -0.05) is 19.3 Å². The molecule has 2 N–H and O–H groups in total. The fraction of sp³-hybridized carbons (Fsp3) is 0.917. The van der Waals surface area contributed by atoms with Crippen molar-refractivity contribution in [3.63, 3.8) is 0 Å². The van der Waals surface area contributed by atoms with Crippen molar-refractivity contribution in [3.8, 4) is 0 Å². The fourth-order valence-electron chi connectivity index (χ4n) is 2.48. The summed E-state index contributed by atoms with van der Waals surface area (Å²) in [5.74, 6) is 1.49. The van der Waals surface area contributed by atoms with Gasteiger partial charge in [0.05, 0.1) is 13.2 Å². The summed E-state index contributed by atoms with van der Waals surface area (Å²) in [6, 6.07) is 0. The highest BCUT2D eigenvalue weighted by Gasteiger charge is 2.15. The first-order chi connectivity index (χ1) is 7.86. The Labute approximate surface area is 97.9 Å². The minimum Gasteiger partial charge on any atom is -0.378 e. The molecule has 0 aromatic rings. The lowest BCUT2D eigenvalue weighted by Gasteiger charge is -2.28. The van der Waals surface area contributed by atoms with Crippen molar-refractivity contribution in [2.75, 3.05) is 32.8 Å². The molecule has 0 bridgehead atoms. The highest BCUT2D eigenvalue weighted by atomic mass is 16.5. The molecule has 0 radical (unpaired) electrons. The van der Waals surface area contributed by atoms with Crippen molar-refractivity contribution in [1.29, 1.82) is 0 Å². The van der Waals surface area contributed by atoms with Gasteiger partial charge in [0.2, 0.25) is 0 Å². The van der Waals surface area contributed by atoms with Crippen LogP contribution in [0.4, 0.5) is 0 Å². The summed E-state index contributed by atoms with van der Waals surface area (Å²) in [6.45, 7) is 4.25. The third-order valence-electron chi connectivity index (χ3n) is 3.57. The van der Waals surface area contributed by atoms with Gasteiger partial charge in [-0.3, -0.25) is 4.99 Å². The smallest absolute Gasteiger partial charge is 0.191 e. The summed E-state index contributed by atoms with van der Waals surface area (Å²) in [7, 11) is 0. The number of guanidine groups is 1. The third kappa shape index (κ3) is 3.37. The number of nitrogens with zero attached hydrogens (tertiary/aromatic N) is 2. The van der Waals surface area contributed by atoms with Gasteiger partial charge in [0.1, 0.15) is 0 Å². The Morgan fingerprint density at radius 3 is 2.56 bits per heavy atom. The highest BCUT2D eigenvalue weighted by molar-refractivity contribution is 5.78. The van der Waals surface area contributed by atoms with Crippen LogP contribution in [0.25, 0.3) is 0 Å². The van der Waals surface area contributed by atoms with Crippen molar-refractivity contribution in [2.24, 2.45) is 16.6 Å². The first-order valence-corrected chi connectivity index (χ1v) is 6.49. The zero-order valence-corrected chi connectivity index (χ0v) is 10.0. The quantitative estimate of drug-likeness (QED) is 0.568. The molecule has 16 heavy (non-hydrogen) atoms. The predicted octanol–water partition coefficient (Wildman–Crippen LogP) is 1.21. The average molecular weight is 225 g/mol. The van der Waals surface area contributed by atoms with Crippen molar-refractivity contribution in [2.45, 2.75) is 32.1 Å². The van der Waals surface area contributed by atoms with E-state index < -0.39 is 0 Å². The van der Waals surface area contributed by atoms with Crippen LogP contribution in [0.5, 0.6) is 0 Å². The van der Waals surface area contributed by atoms with Crippen LogP contribution in [-0.2, 0) is 4.74 Å². The van der Waals surface area contributed by atoms with E-state index in [2.05, 4.69) is 9.89 Å². The number of hydrogen-bond acceptors (Lipinski definition) is 2. The molecule has 0 atom stereocenters. The minimum atomic E-state index is 0.717. The molecule has 1 aliphatic heterocycles. The van der Waals surface area contributed by atoms with E-state index in [1.807, 2.05) is 0 Å². The number of aliphatic imine (C=N–C) groups is 1. The number of hydrogen-bond donors (Lipinski definition) is 1. The average Bonchev–Trinajstić information content (AvgIpc) is 2.38. The highest BCUT2D eigenvalue weighted by Crippen LogP contribution is 2.23. The topological polar surface area (TPSA) is 50.8 Å². The lowest BCUT2D eigenvalue weighted by molar-refractivity contribution is 0.0673. The number of nitrogens with two attached hydrogens (primary N) is 1. The standard InChI is InChI=1S/C12H23N3O/c13-12(15-6-8-16-9-7-15)14-10-11-4-2-1-3-5-11/h11H,1-10H2,(H2,13,14). The van der Waals surface area contributed by atoms with Gasteiger partial charge in [-0.05, 0) is 18.8 Å². The largest absolute Gasteiger partial charge is 0.378 e. The van der Waals surface area contributed by atoms with Crippen LogP contribution in [0, 0.1) is 5.92 Å². The van der Waals surface area contributed by atoms with Crippen molar-refractivity contribution in [3.05, 3.63) is 0 Å². The number of rotatable bonds is 2. The molecule has 0 spiro atoms. The van der Waals surface area contributed by atoms with E-state index >= 15 is 0 Å². The van der Waals surface area contributed by atoms with Gasteiger partial charge >= 0.3 is 0 Å². The van der Waals surface area contributed by atoms with Gasteiger partial charge < -0.3 is 15.4 Å². The molecule has 92 valence electrons. The van der Waals surface area contributed by atoms with E-state index in [1.165, 1.54) is 32.1 Å². The van der Waals surface area contributed by atoms with Crippen LogP contribution >= 0.6 is 0 Å². The fourth-order valence-corrected chi connectivity index (χ4v) is 2.48. The Morgan fingerprint density at radius 1 is 1.19 bits per heavy atom. The second-order valence-electron chi connectivity index (χ2n) is 4.80. The molecule has 0 amide bonds. The molecule has 0 aromatic carbocycles. The Bertz CT molecular complexity index is 230. The monoisotopic (exact) mass is 225 g/mol. The first kappa shape index (κ1) is 11.7. The van der Waals surface area contributed by atoms with Crippen LogP contribution in [0.15, 0.2) is 4.99 Å². The summed E-state index contributed by atoms with van der Waals surface area (Å²) >= 11 is 0. The van der Waals surface area contributed by atoms with Gasteiger partial charge in [0.15, 0.2) is 5.96 Å². The summed E-state index contributed by atoms with van der Waals surface area (Å²) in [4.78, 5) is 6.67. The zero-order valence-electron chi connectivity index (χ0n) is 10.0. The Balaban J connectivity index is 1.76. The number of morpholine rings is 1. The van der Waals surface area contributed by atoms with Crippen LogP contribution in [0.2, 0.25) is 0 Å². The lowest BCUT2D eigenvalue weighted by atomic mass is 9.89. The lowest BCUT2D eigenvalue weighted by Crippen LogP contribution is -2.45. The molecule has 1 aliphatic carbocycles. The van der Waals surface area contributed by atoms with Crippen molar-refractivity contribution in [1.82, 2.24) is 4.90 Å². The molecule has 4 nitrogen and oxygen atoms in total. The van der Waals surface area contributed by atoms with Gasteiger partial charge in [-0.2, -0.15) is 0 Å². The summed E-state index contributed by atoms with van der Waals surface area (Å²) in [5, 5.41) is 0. The third-order valence-corrected chi connectivity index (χ3v) is 3.57. The summed E-state index contributed by atoms with van der Waals surface area (Å²) < 4.78 is 5.29. The van der Waals surface area contributed by atoms with E-state index in [9.17, 15) is 0 Å². The molecular weight excluding hydrogens is 202 g/mol. The minimum absolute atomic E-state index is 0.717. The number of ether oxygens (including phenoxy) is 1. The SMILES string of the molecule is NC(=NCC1CCCCC1)N1CCOCC1. The second kappa shape index (κ2) is 6.09. The maximum absolute atomic E-state index is 5.99. The van der Waals surface area contributed by atoms with Gasteiger partial charge in [-0.15, -0.1) is 0 Å². The van der Waals surface area contributed by atoms with Crippen molar-refractivity contribution < 1.29 is 4.74 Å². The van der Waals surface area contributed by atoms with E-state index in [0.717, 1.165) is 38.8 Å². The summed E-state index contributed by atoms with van der Waals surface area (Å²) in [6.07, 6.45) is 6.81. The van der Waals surface area contributed by atoms with Crippen LogP contribution < -0.4 is 5.73 Å². The van der Waals surface area contributed by atoms with Crippen LogP contribution in [-0.4, -0.2) is 43.7 Å². The van der Waals surface area contributed by atoms with E-state index in [1.54, 1.807) is 0 Å². The predicted molar refractivity (Wildman–Crippen MR) is 65.5 cm³/mol. The molecule has 2 fully saturated rings. The second-order valence-corrected chi connectivity index (χ2v) is 4.80. The molecule has 1 saturated heterocycles. The molecule has 1 saturated carbocycles. The molecule has 2 aliphatic rings. The van der Waals surface area contributed by atoms with Crippen LogP contribution in [0.1, 0.15) is 32.1 Å². The molecule has 4 heteroatoms. The Kier molecular flexibility index (Phi) is 4.45. The Morgan fingerprint density at radius 2 is 1.88 bits per heavy atom.